The number of fused-ring (bicyclic) bond motifs is 3. The number of ether oxygens (including phenoxy) is 2. The smallest absolute Gasteiger partial charge is 0.319 e. The van der Waals surface area contributed by atoms with E-state index in [4.69, 9.17) is 9.47 Å². The number of carbonyl (C=O) groups excluding carboxylic acids is 2. The van der Waals surface area contributed by atoms with Crippen molar-refractivity contribution in [3.8, 4) is 5.75 Å². The molecule has 33 heavy (non-hydrogen) atoms. The zero-order valence-electron chi connectivity index (χ0n) is 19.1. The Balaban J connectivity index is 1.24. The van der Waals surface area contributed by atoms with Crippen LogP contribution < -0.4 is 20.7 Å². The molecular formula is C25H35N3O5. The van der Waals surface area contributed by atoms with Gasteiger partial charge in [0.2, 0.25) is 5.91 Å². The minimum absolute atomic E-state index is 0.00910. The molecule has 1 saturated heterocycles. The van der Waals surface area contributed by atoms with Gasteiger partial charge in [-0.15, -0.1) is 0 Å². The van der Waals surface area contributed by atoms with Crippen molar-refractivity contribution >= 4 is 17.6 Å². The summed E-state index contributed by atoms with van der Waals surface area (Å²) in [5.74, 6) is 0.778. The van der Waals surface area contributed by atoms with Gasteiger partial charge in [-0.2, -0.15) is 0 Å². The zero-order valence-corrected chi connectivity index (χ0v) is 19.1. The van der Waals surface area contributed by atoms with Crippen molar-refractivity contribution in [2.24, 2.45) is 0 Å². The Morgan fingerprint density at radius 3 is 2.39 bits per heavy atom. The van der Waals surface area contributed by atoms with E-state index in [0.29, 0.717) is 6.42 Å². The molecule has 0 spiro atoms. The average Bonchev–Trinajstić information content (AvgIpc) is 3.55. The van der Waals surface area contributed by atoms with Crippen LogP contribution in [0.4, 0.5) is 10.5 Å². The molecule has 0 bridgehead atoms. The normalized spacial score (nSPS) is 29.2. The quantitative estimate of drug-likeness (QED) is 0.525. The minimum Gasteiger partial charge on any atom is -0.487 e. The summed E-state index contributed by atoms with van der Waals surface area (Å²) in [6, 6.07) is 6.02. The first-order valence-corrected chi connectivity index (χ1v) is 12.5. The fourth-order valence-corrected chi connectivity index (χ4v) is 5.95. The van der Waals surface area contributed by atoms with Crippen molar-refractivity contribution in [3.05, 3.63) is 23.8 Å². The van der Waals surface area contributed by atoms with Gasteiger partial charge in [-0.3, -0.25) is 4.79 Å². The van der Waals surface area contributed by atoms with Gasteiger partial charge in [0.25, 0.3) is 0 Å². The van der Waals surface area contributed by atoms with Crippen molar-refractivity contribution < 1.29 is 24.2 Å². The van der Waals surface area contributed by atoms with Crippen LogP contribution in [-0.4, -0.2) is 54.0 Å². The summed E-state index contributed by atoms with van der Waals surface area (Å²) < 4.78 is 12.2. The molecule has 0 aromatic heterocycles. The summed E-state index contributed by atoms with van der Waals surface area (Å²) in [5, 5.41) is 19.1. The van der Waals surface area contributed by atoms with Gasteiger partial charge in [-0.05, 0) is 50.3 Å². The molecule has 3 amide bonds. The molecular weight excluding hydrogens is 422 g/mol. The second kappa shape index (κ2) is 9.89. The molecule has 180 valence electrons. The summed E-state index contributed by atoms with van der Waals surface area (Å²) in [7, 11) is 0. The molecule has 2 saturated carbocycles. The van der Waals surface area contributed by atoms with Gasteiger partial charge >= 0.3 is 6.03 Å². The van der Waals surface area contributed by atoms with Crippen LogP contribution in [0.1, 0.15) is 75.7 Å². The van der Waals surface area contributed by atoms with Crippen LogP contribution in [0.3, 0.4) is 0 Å². The number of hydrogen-bond acceptors (Lipinski definition) is 5. The molecule has 1 aromatic carbocycles. The van der Waals surface area contributed by atoms with Crippen LogP contribution >= 0.6 is 0 Å². The van der Waals surface area contributed by atoms with Crippen LogP contribution in [0.2, 0.25) is 0 Å². The lowest BCUT2D eigenvalue weighted by molar-refractivity contribution is -0.142. The first-order valence-electron chi connectivity index (χ1n) is 12.5. The molecule has 4 N–H and O–H groups in total. The number of hydrogen-bond donors (Lipinski definition) is 4. The summed E-state index contributed by atoms with van der Waals surface area (Å²) in [6.07, 6.45) is 8.72. The fourth-order valence-electron chi connectivity index (χ4n) is 5.95. The Kier molecular flexibility index (Phi) is 6.74. The molecule has 2 heterocycles. The molecule has 2 aliphatic carbocycles. The molecule has 4 aliphatic rings. The maximum atomic E-state index is 12.6. The van der Waals surface area contributed by atoms with E-state index in [0.717, 1.165) is 55.5 Å². The number of aliphatic hydroxyl groups is 1. The lowest BCUT2D eigenvalue weighted by atomic mass is 9.84. The Morgan fingerprint density at radius 2 is 1.70 bits per heavy atom. The summed E-state index contributed by atoms with van der Waals surface area (Å²) in [5.41, 5.74) is 1.72. The highest BCUT2D eigenvalue weighted by Crippen LogP contribution is 2.47. The van der Waals surface area contributed by atoms with E-state index < -0.39 is 6.10 Å². The Bertz CT molecular complexity index is 866. The van der Waals surface area contributed by atoms with Crippen LogP contribution in [0.5, 0.6) is 5.75 Å². The first kappa shape index (κ1) is 22.5. The maximum Gasteiger partial charge on any atom is 0.319 e. The number of benzene rings is 1. The van der Waals surface area contributed by atoms with Gasteiger partial charge < -0.3 is 30.5 Å². The number of amides is 3. The molecule has 2 aliphatic heterocycles. The van der Waals surface area contributed by atoms with Crippen LogP contribution in [0.15, 0.2) is 18.2 Å². The Hall–Kier alpha value is -2.32. The maximum absolute atomic E-state index is 12.6. The molecule has 5 rings (SSSR count). The van der Waals surface area contributed by atoms with E-state index in [1.54, 1.807) is 0 Å². The third-order valence-corrected chi connectivity index (χ3v) is 7.58. The molecule has 8 heteroatoms. The van der Waals surface area contributed by atoms with Gasteiger partial charge in [0.05, 0.1) is 19.1 Å². The van der Waals surface area contributed by atoms with Crippen molar-refractivity contribution in [2.45, 2.75) is 101 Å². The van der Waals surface area contributed by atoms with Crippen molar-refractivity contribution in [3.63, 3.8) is 0 Å². The van der Waals surface area contributed by atoms with Crippen LogP contribution in [0.25, 0.3) is 0 Å². The third kappa shape index (κ3) is 5.11. The number of urea groups is 1. The SMILES string of the molecule is O=C(C[C@@H]1C[C@@H]2c3cc(NC(=O)NC4CCCC4)ccc3O[C@@H]2[C@H](CO)O1)NC1CCCC1. The van der Waals surface area contributed by atoms with E-state index in [1.165, 1.54) is 12.8 Å². The molecule has 8 nitrogen and oxygen atoms in total. The van der Waals surface area contributed by atoms with Gasteiger partial charge in [-0.1, -0.05) is 25.7 Å². The monoisotopic (exact) mass is 457 g/mol. The summed E-state index contributed by atoms with van der Waals surface area (Å²) >= 11 is 0. The van der Waals surface area contributed by atoms with Gasteiger partial charge in [0.1, 0.15) is 18.0 Å². The lowest BCUT2D eigenvalue weighted by Gasteiger charge is -2.37. The van der Waals surface area contributed by atoms with Crippen molar-refractivity contribution in [1.29, 1.82) is 0 Å². The molecule has 4 atom stereocenters. The number of aliphatic hydroxyl groups excluding tert-OH is 1. The minimum atomic E-state index is -0.484. The standard InChI is InChI=1S/C25H35N3O5/c29-14-22-24-20(12-18(32-22)13-23(30)26-15-5-1-2-6-15)19-11-17(9-10-21(19)33-24)28-25(31)27-16-7-3-4-8-16/h9-11,15-16,18,20,22,24,29H,1-8,12-14H2,(H,26,30)(H2,27,28,31)/t18-,20+,22-,24-/m0/s1. The molecule has 0 radical (unpaired) electrons. The second-order valence-corrected chi connectivity index (χ2v) is 9.99. The lowest BCUT2D eigenvalue weighted by Crippen LogP contribution is -2.47. The van der Waals surface area contributed by atoms with E-state index >= 15 is 0 Å². The number of anilines is 1. The van der Waals surface area contributed by atoms with Gasteiger partial charge in [0.15, 0.2) is 0 Å². The predicted octanol–water partition coefficient (Wildman–Crippen LogP) is 3.19. The molecule has 1 aromatic rings. The van der Waals surface area contributed by atoms with Gasteiger partial charge in [0, 0.05) is 29.3 Å². The number of rotatable bonds is 6. The summed E-state index contributed by atoms with van der Waals surface area (Å²) in [4.78, 5) is 25.0. The largest absolute Gasteiger partial charge is 0.487 e. The highest BCUT2D eigenvalue weighted by Gasteiger charge is 2.46. The topological polar surface area (TPSA) is 109 Å². The molecule has 3 fully saturated rings. The van der Waals surface area contributed by atoms with E-state index in [9.17, 15) is 14.7 Å². The van der Waals surface area contributed by atoms with E-state index in [-0.39, 0.29) is 55.2 Å². The zero-order chi connectivity index (χ0) is 22.8. The number of carbonyl (C=O) groups is 2. The summed E-state index contributed by atoms with van der Waals surface area (Å²) in [6.45, 7) is -0.162. The van der Waals surface area contributed by atoms with Crippen molar-refractivity contribution in [1.82, 2.24) is 10.6 Å². The highest BCUT2D eigenvalue weighted by molar-refractivity contribution is 5.89. The first-order chi connectivity index (χ1) is 16.1. The third-order valence-electron chi connectivity index (χ3n) is 7.58. The Labute approximate surface area is 194 Å². The Morgan fingerprint density at radius 1 is 1.00 bits per heavy atom. The number of nitrogens with one attached hydrogen (secondary N) is 3. The van der Waals surface area contributed by atoms with Crippen LogP contribution in [0, 0.1) is 0 Å². The van der Waals surface area contributed by atoms with E-state index in [1.807, 2.05) is 18.2 Å². The fraction of sp³-hybridized carbons (Fsp3) is 0.680. The van der Waals surface area contributed by atoms with Crippen molar-refractivity contribution in [2.75, 3.05) is 11.9 Å². The highest BCUT2D eigenvalue weighted by atomic mass is 16.6. The van der Waals surface area contributed by atoms with Gasteiger partial charge in [-0.25, -0.2) is 4.79 Å². The van der Waals surface area contributed by atoms with E-state index in [2.05, 4.69) is 16.0 Å². The predicted molar refractivity (Wildman–Crippen MR) is 123 cm³/mol. The molecule has 0 unspecified atom stereocenters. The average molecular weight is 458 g/mol. The van der Waals surface area contributed by atoms with Crippen LogP contribution in [-0.2, 0) is 9.53 Å². The second-order valence-electron chi connectivity index (χ2n) is 9.99.